The molecule has 3 unspecified atom stereocenters. The normalized spacial score (nSPS) is 40.0. The Morgan fingerprint density at radius 2 is 2.31 bits per heavy atom. The number of carboxylic acids is 1. The Balaban J connectivity index is 2.01. The number of carboxylic acid groups (broad SMARTS) is 1. The maximum Gasteiger partial charge on any atom is 0.311 e. The summed E-state index contributed by atoms with van der Waals surface area (Å²) in [5.74, 6) is 1.02. The summed E-state index contributed by atoms with van der Waals surface area (Å²) >= 11 is 0. The summed E-state index contributed by atoms with van der Waals surface area (Å²) in [5, 5.41) is 9.05. The average molecular weight is 183 g/mol. The van der Waals surface area contributed by atoms with E-state index in [0.29, 0.717) is 18.4 Å². The van der Waals surface area contributed by atoms with Gasteiger partial charge in [0.15, 0.2) is 0 Å². The molecule has 3 N–H and O–H groups in total. The molecule has 2 fully saturated rings. The van der Waals surface area contributed by atoms with E-state index in [0.717, 1.165) is 12.3 Å². The van der Waals surface area contributed by atoms with Crippen LogP contribution in [0.4, 0.5) is 0 Å². The van der Waals surface area contributed by atoms with Crippen LogP contribution >= 0.6 is 0 Å². The molecular formula is C10H17NO2. The van der Waals surface area contributed by atoms with Crippen LogP contribution < -0.4 is 5.73 Å². The van der Waals surface area contributed by atoms with Crippen molar-refractivity contribution in [2.75, 3.05) is 6.54 Å². The van der Waals surface area contributed by atoms with Crippen molar-refractivity contribution in [3.63, 3.8) is 0 Å². The van der Waals surface area contributed by atoms with E-state index in [9.17, 15) is 4.79 Å². The van der Waals surface area contributed by atoms with Crippen LogP contribution in [0.5, 0.6) is 0 Å². The number of hydrogen-bond acceptors (Lipinski definition) is 2. The highest BCUT2D eigenvalue weighted by Gasteiger charge is 2.62. The van der Waals surface area contributed by atoms with Gasteiger partial charge in [0.25, 0.3) is 0 Å². The lowest BCUT2D eigenvalue weighted by atomic mass is 9.92. The Hall–Kier alpha value is -0.570. The van der Waals surface area contributed by atoms with Crippen LogP contribution in [0.15, 0.2) is 0 Å². The molecule has 0 saturated heterocycles. The van der Waals surface area contributed by atoms with Crippen molar-refractivity contribution in [1.29, 1.82) is 0 Å². The summed E-state index contributed by atoms with van der Waals surface area (Å²) < 4.78 is 0. The van der Waals surface area contributed by atoms with Gasteiger partial charge < -0.3 is 10.8 Å². The maximum atomic E-state index is 11.0. The quantitative estimate of drug-likeness (QED) is 0.685. The fraction of sp³-hybridized carbons (Fsp3) is 0.900. The minimum Gasteiger partial charge on any atom is -0.481 e. The lowest BCUT2D eigenvalue weighted by molar-refractivity contribution is -0.143. The van der Waals surface area contributed by atoms with Gasteiger partial charge in [0.2, 0.25) is 0 Å². The van der Waals surface area contributed by atoms with Crippen molar-refractivity contribution >= 4 is 5.97 Å². The highest BCUT2D eigenvalue weighted by atomic mass is 16.4. The molecule has 74 valence electrons. The van der Waals surface area contributed by atoms with Gasteiger partial charge in [-0.05, 0) is 37.0 Å². The smallest absolute Gasteiger partial charge is 0.311 e. The van der Waals surface area contributed by atoms with Crippen molar-refractivity contribution < 1.29 is 9.90 Å². The van der Waals surface area contributed by atoms with Gasteiger partial charge in [-0.2, -0.15) is 0 Å². The molecule has 0 bridgehead atoms. The van der Waals surface area contributed by atoms with Crippen LogP contribution in [-0.4, -0.2) is 17.6 Å². The summed E-state index contributed by atoms with van der Waals surface area (Å²) in [4.78, 5) is 11.0. The standard InChI is InChI=1S/C10H17NO2/c1-6(7-2-3-7)8-4-10(8,5-11)9(12)13/h6-8H,2-5,11H2,1H3,(H,12,13). The summed E-state index contributed by atoms with van der Waals surface area (Å²) in [7, 11) is 0. The zero-order chi connectivity index (χ0) is 9.64. The van der Waals surface area contributed by atoms with Crippen LogP contribution in [0.25, 0.3) is 0 Å². The summed E-state index contributed by atoms with van der Waals surface area (Å²) in [6.07, 6.45) is 3.38. The molecule has 13 heavy (non-hydrogen) atoms. The van der Waals surface area contributed by atoms with E-state index < -0.39 is 11.4 Å². The SMILES string of the molecule is CC(C1CC1)C1CC1(CN)C(=O)O. The molecule has 3 atom stereocenters. The molecule has 0 spiro atoms. The highest BCUT2D eigenvalue weighted by molar-refractivity contribution is 5.79. The van der Waals surface area contributed by atoms with E-state index >= 15 is 0 Å². The molecular weight excluding hydrogens is 166 g/mol. The number of carbonyl (C=O) groups is 1. The molecule has 2 rings (SSSR count). The first kappa shape index (κ1) is 9.00. The van der Waals surface area contributed by atoms with Crippen LogP contribution in [0.1, 0.15) is 26.2 Å². The molecule has 2 aliphatic carbocycles. The van der Waals surface area contributed by atoms with E-state index in [1.165, 1.54) is 12.8 Å². The lowest BCUT2D eigenvalue weighted by Gasteiger charge is -2.14. The first-order valence-electron chi connectivity index (χ1n) is 5.05. The molecule has 0 aliphatic heterocycles. The molecule has 0 aromatic rings. The molecule has 0 amide bonds. The molecule has 0 heterocycles. The molecule has 0 aromatic carbocycles. The Morgan fingerprint density at radius 3 is 2.62 bits per heavy atom. The van der Waals surface area contributed by atoms with Gasteiger partial charge in [0.05, 0.1) is 5.41 Å². The molecule has 3 nitrogen and oxygen atoms in total. The zero-order valence-corrected chi connectivity index (χ0v) is 7.99. The van der Waals surface area contributed by atoms with Gasteiger partial charge in [-0.3, -0.25) is 4.79 Å². The van der Waals surface area contributed by atoms with Crippen LogP contribution in [0.3, 0.4) is 0 Å². The van der Waals surface area contributed by atoms with Gasteiger partial charge in [-0.15, -0.1) is 0 Å². The Bertz CT molecular complexity index is 237. The van der Waals surface area contributed by atoms with Crippen molar-refractivity contribution in [2.24, 2.45) is 28.9 Å². The van der Waals surface area contributed by atoms with Crippen molar-refractivity contribution in [3.05, 3.63) is 0 Å². The minimum absolute atomic E-state index is 0.310. The summed E-state index contributed by atoms with van der Waals surface area (Å²) in [6, 6.07) is 0. The number of hydrogen-bond donors (Lipinski definition) is 2. The average Bonchev–Trinajstić information content (AvgIpc) is 2.98. The number of nitrogens with two attached hydrogens (primary N) is 1. The largest absolute Gasteiger partial charge is 0.481 e. The first-order chi connectivity index (χ1) is 6.12. The third kappa shape index (κ3) is 1.26. The minimum atomic E-state index is -0.687. The van der Waals surface area contributed by atoms with Crippen LogP contribution in [-0.2, 0) is 4.79 Å². The van der Waals surface area contributed by atoms with E-state index in [4.69, 9.17) is 10.8 Å². The predicted molar refractivity (Wildman–Crippen MR) is 49.1 cm³/mol. The zero-order valence-electron chi connectivity index (χ0n) is 7.99. The molecule has 2 aliphatic rings. The molecule has 2 saturated carbocycles. The van der Waals surface area contributed by atoms with Crippen molar-refractivity contribution in [3.8, 4) is 0 Å². The van der Waals surface area contributed by atoms with E-state index in [1.54, 1.807) is 0 Å². The Kier molecular flexibility index (Phi) is 1.88. The monoisotopic (exact) mass is 183 g/mol. The fourth-order valence-corrected chi connectivity index (χ4v) is 2.54. The second kappa shape index (κ2) is 2.71. The fourth-order valence-electron chi connectivity index (χ4n) is 2.54. The molecule has 3 heteroatoms. The van der Waals surface area contributed by atoms with Crippen molar-refractivity contribution in [1.82, 2.24) is 0 Å². The predicted octanol–water partition coefficient (Wildman–Crippen LogP) is 1.08. The van der Waals surface area contributed by atoms with Gasteiger partial charge >= 0.3 is 5.97 Å². The number of rotatable bonds is 4. The summed E-state index contributed by atoms with van der Waals surface area (Å²) in [5.41, 5.74) is 4.98. The van der Waals surface area contributed by atoms with Crippen LogP contribution in [0, 0.1) is 23.2 Å². The van der Waals surface area contributed by atoms with Gasteiger partial charge in [0.1, 0.15) is 0 Å². The van der Waals surface area contributed by atoms with E-state index in [1.807, 2.05) is 0 Å². The van der Waals surface area contributed by atoms with Crippen LogP contribution in [0.2, 0.25) is 0 Å². The number of aliphatic carboxylic acids is 1. The molecule has 0 aromatic heterocycles. The summed E-state index contributed by atoms with van der Waals surface area (Å²) in [6.45, 7) is 2.49. The van der Waals surface area contributed by atoms with E-state index in [-0.39, 0.29) is 0 Å². The highest BCUT2D eigenvalue weighted by Crippen LogP contribution is 2.60. The Labute approximate surface area is 78.3 Å². The van der Waals surface area contributed by atoms with Gasteiger partial charge in [0, 0.05) is 6.54 Å². The van der Waals surface area contributed by atoms with Gasteiger partial charge in [-0.25, -0.2) is 0 Å². The maximum absolute atomic E-state index is 11.0. The third-order valence-corrected chi connectivity index (χ3v) is 3.92. The second-order valence-electron chi connectivity index (χ2n) is 4.67. The third-order valence-electron chi connectivity index (χ3n) is 3.92. The Morgan fingerprint density at radius 1 is 1.69 bits per heavy atom. The van der Waals surface area contributed by atoms with Gasteiger partial charge in [-0.1, -0.05) is 6.92 Å². The lowest BCUT2D eigenvalue weighted by Crippen LogP contribution is -2.28. The first-order valence-corrected chi connectivity index (χ1v) is 5.05. The van der Waals surface area contributed by atoms with Crippen molar-refractivity contribution in [2.45, 2.75) is 26.2 Å². The molecule has 0 radical (unpaired) electrons. The van der Waals surface area contributed by atoms with E-state index in [2.05, 4.69) is 6.92 Å². The topological polar surface area (TPSA) is 63.3 Å². The second-order valence-corrected chi connectivity index (χ2v) is 4.67.